The lowest BCUT2D eigenvalue weighted by molar-refractivity contribution is 0.0230. The molecular formula is C12H18N4OS. The second-order valence-corrected chi connectivity index (χ2v) is 5.77. The van der Waals surface area contributed by atoms with E-state index in [2.05, 4.69) is 15.2 Å². The van der Waals surface area contributed by atoms with E-state index in [4.69, 9.17) is 0 Å². The number of aryl methyl sites for hydroxylation is 1. The number of aromatic nitrogens is 1. The Morgan fingerprint density at radius 2 is 2.17 bits per heavy atom. The summed E-state index contributed by atoms with van der Waals surface area (Å²) in [5, 5.41) is 3.35. The standard InChI is InChI=1S/C12H18N4OS/c1-9-11(18-8-14-9)12(17)16-6-10(7-16)15-4-2-13-3-5-15/h8,10,13H,2-7H2,1H3. The van der Waals surface area contributed by atoms with Gasteiger partial charge in [0, 0.05) is 45.3 Å². The number of hydrogen-bond donors (Lipinski definition) is 1. The zero-order valence-corrected chi connectivity index (χ0v) is 11.4. The number of thiazole rings is 1. The summed E-state index contributed by atoms with van der Waals surface area (Å²) < 4.78 is 0. The molecule has 0 atom stereocenters. The second-order valence-electron chi connectivity index (χ2n) is 4.92. The highest BCUT2D eigenvalue weighted by Crippen LogP contribution is 2.21. The fourth-order valence-corrected chi connectivity index (χ4v) is 3.32. The van der Waals surface area contributed by atoms with Crippen LogP contribution in [0.15, 0.2) is 5.51 Å². The van der Waals surface area contributed by atoms with E-state index in [1.54, 1.807) is 5.51 Å². The third-order valence-corrected chi connectivity index (χ3v) is 4.67. The minimum absolute atomic E-state index is 0.154. The third kappa shape index (κ3) is 2.15. The number of rotatable bonds is 2. The molecule has 2 saturated heterocycles. The summed E-state index contributed by atoms with van der Waals surface area (Å²) in [6.07, 6.45) is 0. The Bertz CT molecular complexity index is 435. The predicted molar refractivity (Wildman–Crippen MR) is 71.0 cm³/mol. The van der Waals surface area contributed by atoms with E-state index in [1.807, 2.05) is 11.8 Å². The fourth-order valence-electron chi connectivity index (χ4n) is 2.55. The number of likely N-dealkylation sites (tertiary alicyclic amines) is 1. The third-order valence-electron chi connectivity index (χ3n) is 3.76. The van der Waals surface area contributed by atoms with Crippen molar-refractivity contribution >= 4 is 17.2 Å². The van der Waals surface area contributed by atoms with Crippen LogP contribution in [0.4, 0.5) is 0 Å². The van der Waals surface area contributed by atoms with Gasteiger partial charge in [-0.25, -0.2) is 4.98 Å². The molecular weight excluding hydrogens is 248 g/mol. The summed E-state index contributed by atoms with van der Waals surface area (Å²) in [7, 11) is 0. The van der Waals surface area contributed by atoms with E-state index in [0.29, 0.717) is 6.04 Å². The first-order chi connectivity index (χ1) is 8.75. The summed E-state index contributed by atoms with van der Waals surface area (Å²) in [5.74, 6) is 0.154. The molecule has 2 fully saturated rings. The molecule has 0 radical (unpaired) electrons. The maximum absolute atomic E-state index is 12.2. The van der Waals surface area contributed by atoms with Crippen molar-refractivity contribution in [1.82, 2.24) is 20.1 Å². The Balaban J connectivity index is 1.55. The van der Waals surface area contributed by atoms with Crippen LogP contribution in [0.3, 0.4) is 0 Å². The first-order valence-corrected chi connectivity index (χ1v) is 7.28. The highest BCUT2D eigenvalue weighted by atomic mass is 32.1. The van der Waals surface area contributed by atoms with Crippen LogP contribution >= 0.6 is 11.3 Å². The molecule has 1 aromatic rings. The van der Waals surface area contributed by atoms with Gasteiger partial charge in [0.15, 0.2) is 0 Å². The highest BCUT2D eigenvalue weighted by Gasteiger charge is 2.36. The van der Waals surface area contributed by atoms with Crippen LogP contribution < -0.4 is 5.32 Å². The molecule has 3 rings (SSSR count). The Morgan fingerprint density at radius 1 is 1.44 bits per heavy atom. The second kappa shape index (κ2) is 4.95. The van der Waals surface area contributed by atoms with Crippen LogP contribution in [0.2, 0.25) is 0 Å². The topological polar surface area (TPSA) is 48.5 Å². The van der Waals surface area contributed by atoms with E-state index >= 15 is 0 Å². The summed E-state index contributed by atoms with van der Waals surface area (Å²) in [6, 6.07) is 0.560. The Labute approximate surface area is 111 Å². The lowest BCUT2D eigenvalue weighted by Crippen LogP contribution is -2.63. The van der Waals surface area contributed by atoms with Crippen molar-refractivity contribution in [2.75, 3.05) is 39.3 Å². The van der Waals surface area contributed by atoms with Crippen LogP contribution in [0.25, 0.3) is 0 Å². The minimum Gasteiger partial charge on any atom is -0.335 e. The highest BCUT2D eigenvalue weighted by molar-refractivity contribution is 7.11. The molecule has 2 aliphatic heterocycles. The summed E-state index contributed by atoms with van der Waals surface area (Å²) in [5.41, 5.74) is 2.60. The van der Waals surface area contributed by atoms with Crippen molar-refractivity contribution in [3.63, 3.8) is 0 Å². The van der Waals surface area contributed by atoms with Gasteiger partial charge in [0.2, 0.25) is 0 Å². The molecule has 0 aromatic carbocycles. The summed E-state index contributed by atoms with van der Waals surface area (Å²) >= 11 is 1.45. The number of amides is 1. The van der Waals surface area contributed by atoms with Crippen molar-refractivity contribution in [3.05, 3.63) is 16.1 Å². The van der Waals surface area contributed by atoms with E-state index in [0.717, 1.165) is 49.8 Å². The van der Waals surface area contributed by atoms with Crippen LogP contribution in [-0.2, 0) is 0 Å². The largest absolute Gasteiger partial charge is 0.335 e. The number of nitrogens with one attached hydrogen (secondary N) is 1. The molecule has 0 saturated carbocycles. The Morgan fingerprint density at radius 3 is 2.78 bits per heavy atom. The Kier molecular flexibility index (Phi) is 3.32. The van der Waals surface area contributed by atoms with Crippen molar-refractivity contribution in [2.24, 2.45) is 0 Å². The maximum atomic E-state index is 12.2. The van der Waals surface area contributed by atoms with Crippen molar-refractivity contribution in [1.29, 1.82) is 0 Å². The summed E-state index contributed by atoms with van der Waals surface area (Å²) in [6.45, 7) is 7.99. The van der Waals surface area contributed by atoms with Gasteiger partial charge in [0.05, 0.1) is 11.2 Å². The first kappa shape index (κ1) is 12.1. The molecule has 18 heavy (non-hydrogen) atoms. The fraction of sp³-hybridized carbons (Fsp3) is 0.667. The van der Waals surface area contributed by atoms with Gasteiger partial charge in [-0.3, -0.25) is 9.69 Å². The van der Waals surface area contributed by atoms with Crippen molar-refractivity contribution < 1.29 is 4.79 Å². The zero-order chi connectivity index (χ0) is 12.5. The molecule has 0 spiro atoms. The molecule has 1 aromatic heterocycles. The molecule has 0 aliphatic carbocycles. The number of nitrogens with zero attached hydrogens (tertiary/aromatic N) is 3. The average Bonchev–Trinajstić information content (AvgIpc) is 2.75. The number of carbonyl (C=O) groups is 1. The average molecular weight is 266 g/mol. The predicted octanol–water partition coefficient (Wildman–Crippen LogP) is 0.181. The van der Waals surface area contributed by atoms with Gasteiger partial charge in [-0.1, -0.05) is 0 Å². The number of piperazine rings is 1. The van der Waals surface area contributed by atoms with Gasteiger partial charge in [-0.05, 0) is 6.92 Å². The Hall–Kier alpha value is -0.980. The van der Waals surface area contributed by atoms with E-state index < -0.39 is 0 Å². The zero-order valence-electron chi connectivity index (χ0n) is 10.6. The maximum Gasteiger partial charge on any atom is 0.265 e. The molecule has 1 amide bonds. The molecule has 0 unspecified atom stereocenters. The van der Waals surface area contributed by atoms with E-state index in [9.17, 15) is 4.79 Å². The number of hydrogen-bond acceptors (Lipinski definition) is 5. The van der Waals surface area contributed by atoms with Gasteiger partial charge >= 0.3 is 0 Å². The van der Waals surface area contributed by atoms with Crippen LogP contribution in [0.1, 0.15) is 15.4 Å². The van der Waals surface area contributed by atoms with Crippen molar-refractivity contribution in [2.45, 2.75) is 13.0 Å². The quantitative estimate of drug-likeness (QED) is 0.830. The van der Waals surface area contributed by atoms with Gasteiger partial charge in [-0.15, -0.1) is 11.3 Å². The van der Waals surface area contributed by atoms with E-state index in [1.165, 1.54) is 11.3 Å². The van der Waals surface area contributed by atoms with Gasteiger partial charge in [0.1, 0.15) is 4.88 Å². The monoisotopic (exact) mass is 266 g/mol. The molecule has 98 valence electrons. The summed E-state index contributed by atoms with van der Waals surface area (Å²) in [4.78, 5) is 21.6. The number of carbonyl (C=O) groups excluding carboxylic acids is 1. The van der Waals surface area contributed by atoms with E-state index in [-0.39, 0.29) is 5.91 Å². The van der Waals surface area contributed by atoms with Gasteiger partial charge in [0.25, 0.3) is 5.91 Å². The molecule has 0 bridgehead atoms. The first-order valence-electron chi connectivity index (χ1n) is 6.40. The SMILES string of the molecule is Cc1ncsc1C(=O)N1CC(N2CCNCC2)C1. The molecule has 3 heterocycles. The van der Waals surface area contributed by atoms with Gasteiger partial charge in [-0.2, -0.15) is 0 Å². The lowest BCUT2D eigenvalue weighted by atomic mass is 10.1. The molecule has 5 nitrogen and oxygen atoms in total. The normalized spacial score (nSPS) is 21.9. The lowest BCUT2D eigenvalue weighted by Gasteiger charge is -2.46. The molecule has 6 heteroatoms. The van der Waals surface area contributed by atoms with Crippen LogP contribution in [0, 0.1) is 6.92 Å². The smallest absolute Gasteiger partial charge is 0.265 e. The van der Waals surface area contributed by atoms with Gasteiger partial charge < -0.3 is 10.2 Å². The van der Waals surface area contributed by atoms with Crippen LogP contribution in [0.5, 0.6) is 0 Å². The molecule has 1 N–H and O–H groups in total. The minimum atomic E-state index is 0.154. The van der Waals surface area contributed by atoms with Crippen molar-refractivity contribution in [3.8, 4) is 0 Å². The van der Waals surface area contributed by atoms with Crippen LogP contribution in [-0.4, -0.2) is 66.0 Å². The molecule has 2 aliphatic rings.